The Morgan fingerprint density at radius 1 is 0.919 bits per heavy atom. The Bertz CT molecular complexity index is 1390. The van der Waals surface area contributed by atoms with E-state index in [4.69, 9.17) is 31.4 Å². The first kappa shape index (κ1) is 25.7. The number of methoxy groups -OCH3 is 2. The number of nitrogen functional groups attached to an aromatic ring is 3. The predicted octanol–water partition coefficient (Wildman–Crippen LogP) is 3.24. The van der Waals surface area contributed by atoms with Crippen LogP contribution in [0.15, 0.2) is 71.8 Å². The van der Waals surface area contributed by atoms with Gasteiger partial charge in [-0.2, -0.15) is 4.98 Å². The zero-order chi connectivity index (χ0) is 26.5. The number of nitrogens with zero attached hydrogens (tertiary/aromatic N) is 2. The summed E-state index contributed by atoms with van der Waals surface area (Å²) in [6.07, 6.45) is 1.37. The van der Waals surface area contributed by atoms with Crippen LogP contribution in [0.4, 0.5) is 17.5 Å². The van der Waals surface area contributed by atoms with Crippen LogP contribution in [0.5, 0.6) is 17.2 Å². The summed E-state index contributed by atoms with van der Waals surface area (Å²) < 4.78 is 40.5. The first-order valence-corrected chi connectivity index (χ1v) is 12.2. The second-order valence-corrected chi connectivity index (χ2v) is 9.05. The van der Waals surface area contributed by atoms with E-state index >= 15 is 0 Å². The second-order valence-electron chi connectivity index (χ2n) is 8.11. The molecule has 192 valence electrons. The van der Waals surface area contributed by atoms with Crippen molar-refractivity contribution in [3.05, 3.63) is 89.1 Å². The fourth-order valence-electron chi connectivity index (χ4n) is 3.81. The lowest BCUT2D eigenvalue weighted by Crippen LogP contribution is -2.12. The summed E-state index contributed by atoms with van der Waals surface area (Å²) >= 11 is -2.34. The van der Waals surface area contributed by atoms with Gasteiger partial charge in [-0.3, -0.25) is 4.21 Å². The molecule has 0 bridgehead atoms. The number of nitrogens with two attached hydrogens (primary N) is 3. The van der Waals surface area contributed by atoms with Crippen LogP contribution in [0.2, 0.25) is 0 Å². The summed E-state index contributed by atoms with van der Waals surface area (Å²) in [6, 6.07) is 17.3. The maximum Gasteiger partial charge on any atom is 0.221 e. The summed E-state index contributed by atoms with van der Waals surface area (Å²) in [6.45, 7) is 0. The first-order chi connectivity index (χ1) is 17.8. The highest BCUT2D eigenvalue weighted by atomic mass is 32.2. The standard InChI is InChI=1S/C26H27N5O5S/c1-34-21-12-15(11-18-14-30-26(29)31-25(18)28)13-22(35-2)24(21)36-23(16-3-7-19(27)8-4-16)17-5-9-20(10-6-17)37(32)33/h3-10,12-14,23H,11,27H2,1-2H3,(H,32,33)(H4,28,29,30,31)/p-1. The molecule has 0 fully saturated rings. The van der Waals surface area contributed by atoms with Gasteiger partial charge in [0.05, 0.1) is 14.2 Å². The number of ether oxygens (including phenoxy) is 3. The van der Waals surface area contributed by atoms with Crippen molar-refractivity contribution in [2.45, 2.75) is 17.4 Å². The molecular formula is C26H26N5O5S-. The van der Waals surface area contributed by atoms with Gasteiger partial charge in [-0.05, 0) is 64.2 Å². The van der Waals surface area contributed by atoms with Crippen LogP contribution in [0.25, 0.3) is 0 Å². The first-order valence-electron chi connectivity index (χ1n) is 11.1. The van der Waals surface area contributed by atoms with Gasteiger partial charge in [0.15, 0.2) is 11.5 Å². The monoisotopic (exact) mass is 520 g/mol. The van der Waals surface area contributed by atoms with Crippen molar-refractivity contribution in [2.75, 3.05) is 31.4 Å². The van der Waals surface area contributed by atoms with Gasteiger partial charge >= 0.3 is 0 Å². The van der Waals surface area contributed by atoms with Crippen LogP contribution in [0, 0.1) is 0 Å². The maximum absolute atomic E-state index is 11.3. The molecule has 1 heterocycles. The molecule has 0 radical (unpaired) electrons. The summed E-state index contributed by atoms with van der Waals surface area (Å²) in [5.74, 6) is 1.62. The Morgan fingerprint density at radius 2 is 1.49 bits per heavy atom. The number of aromatic nitrogens is 2. The molecular weight excluding hydrogens is 494 g/mol. The fraction of sp³-hybridized carbons (Fsp3) is 0.154. The molecule has 0 saturated carbocycles. The van der Waals surface area contributed by atoms with Gasteiger partial charge in [-0.1, -0.05) is 24.3 Å². The summed E-state index contributed by atoms with van der Waals surface area (Å²) in [4.78, 5) is 8.20. The average Bonchev–Trinajstić information content (AvgIpc) is 2.89. The molecule has 0 aliphatic heterocycles. The molecule has 0 saturated heterocycles. The van der Waals surface area contributed by atoms with Gasteiger partial charge in [0, 0.05) is 28.8 Å². The van der Waals surface area contributed by atoms with Crippen molar-refractivity contribution < 1.29 is 23.0 Å². The number of hydrogen-bond acceptors (Lipinski definition) is 10. The van der Waals surface area contributed by atoms with E-state index in [9.17, 15) is 8.76 Å². The topological polar surface area (TPSA) is 172 Å². The van der Waals surface area contributed by atoms with Gasteiger partial charge in [-0.25, -0.2) is 4.98 Å². The Balaban J connectivity index is 1.75. The number of hydrogen-bond donors (Lipinski definition) is 3. The van der Waals surface area contributed by atoms with Gasteiger partial charge in [-0.15, -0.1) is 0 Å². The van der Waals surface area contributed by atoms with Gasteiger partial charge < -0.3 is 36.0 Å². The summed E-state index contributed by atoms with van der Waals surface area (Å²) in [5, 5.41) is 0. The molecule has 2 atom stereocenters. The lowest BCUT2D eigenvalue weighted by atomic mass is 10.0. The van der Waals surface area contributed by atoms with E-state index in [1.54, 1.807) is 30.5 Å². The van der Waals surface area contributed by atoms with E-state index in [1.165, 1.54) is 26.4 Å². The van der Waals surface area contributed by atoms with Crippen molar-refractivity contribution in [3.63, 3.8) is 0 Å². The molecule has 0 aliphatic carbocycles. The van der Waals surface area contributed by atoms with E-state index < -0.39 is 17.2 Å². The van der Waals surface area contributed by atoms with Crippen molar-refractivity contribution in [2.24, 2.45) is 0 Å². The normalized spacial score (nSPS) is 12.5. The molecule has 4 aromatic rings. The van der Waals surface area contributed by atoms with Crippen LogP contribution in [-0.2, 0) is 17.5 Å². The molecule has 0 amide bonds. The quantitative estimate of drug-likeness (QED) is 0.220. The minimum atomic E-state index is -2.34. The molecule has 6 N–H and O–H groups in total. The van der Waals surface area contributed by atoms with E-state index in [1.807, 2.05) is 24.3 Å². The Labute approximate surface area is 216 Å². The highest BCUT2D eigenvalue weighted by Crippen LogP contribution is 2.43. The highest BCUT2D eigenvalue weighted by molar-refractivity contribution is 7.79. The third-order valence-electron chi connectivity index (χ3n) is 5.68. The average molecular weight is 521 g/mol. The minimum Gasteiger partial charge on any atom is -0.768 e. The van der Waals surface area contributed by atoms with E-state index in [0.29, 0.717) is 34.9 Å². The smallest absolute Gasteiger partial charge is 0.221 e. The highest BCUT2D eigenvalue weighted by Gasteiger charge is 2.23. The zero-order valence-electron chi connectivity index (χ0n) is 20.2. The third kappa shape index (κ3) is 5.90. The third-order valence-corrected chi connectivity index (χ3v) is 6.34. The van der Waals surface area contributed by atoms with E-state index in [-0.39, 0.29) is 16.7 Å². The molecule has 0 aliphatic rings. The number of anilines is 3. The van der Waals surface area contributed by atoms with Crippen molar-refractivity contribution in [1.29, 1.82) is 0 Å². The van der Waals surface area contributed by atoms with Crippen molar-refractivity contribution in [1.82, 2.24) is 9.97 Å². The van der Waals surface area contributed by atoms with Gasteiger partial charge in [0.1, 0.15) is 11.9 Å². The Kier molecular flexibility index (Phi) is 7.75. The van der Waals surface area contributed by atoms with Crippen LogP contribution in [0.3, 0.4) is 0 Å². The van der Waals surface area contributed by atoms with Crippen LogP contribution >= 0.6 is 0 Å². The molecule has 4 rings (SSSR count). The van der Waals surface area contributed by atoms with Crippen molar-refractivity contribution >= 4 is 28.5 Å². The molecule has 11 heteroatoms. The SMILES string of the molecule is COc1cc(Cc2cnc(N)nc2N)cc(OC)c1OC(c1ccc(N)cc1)c1ccc(S(=O)[O-])cc1. The van der Waals surface area contributed by atoms with Crippen LogP contribution in [-0.4, -0.2) is 32.9 Å². The largest absolute Gasteiger partial charge is 0.768 e. The molecule has 3 aromatic carbocycles. The van der Waals surface area contributed by atoms with Crippen molar-refractivity contribution in [3.8, 4) is 17.2 Å². The van der Waals surface area contributed by atoms with Crippen LogP contribution < -0.4 is 31.4 Å². The van der Waals surface area contributed by atoms with Gasteiger partial charge in [0.25, 0.3) is 0 Å². The maximum atomic E-state index is 11.3. The molecule has 1 aromatic heterocycles. The predicted molar refractivity (Wildman–Crippen MR) is 140 cm³/mol. The Hall–Kier alpha value is -4.35. The second kappa shape index (κ2) is 11.1. The van der Waals surface area contributed by atoms with Crippen LogP contribution in [0.1, 0.15) is 28.4 Å². The molecule has 10 nitrogen and oxygen atoms in total. The lowest BCUT2D eigenvalue weighted by Gasteiger charge is -2.24. The van der Waals surface area contributed by atoms with Gasteiger partial charge in [0.2, 0.25) is 11.7 Å². The summed E-state index contributed by atoms with van der Waals surface area (Å²) in [7, 11) is 3.06. The minimum absolute atomic E-state index is 0.100. The molecule has 0 spiro atoms. The Morgan fingerprint density at radius 3 is 2.00 bits per heavy atom. The number of rotatable bonds is 9. The summed E-state index contributed by atoms with van der Waals surface area (Å²) in [5.41, 5.74) is 21.1. The molecule has 37 heavy (non-hydrogen) atoms. The van der Waals surface area contributed by atoms with E-state index in [2.05, 4.69) is 9.97 Å². The number of benzene rings is 3. The lowest BCUT2D eigenvalue weighted by molar-refractivity contribution is 0.221. The zero-order valence-corrected chi connectivity index (χ0v) is 21.0. The van der Waals surface area contributed by atoms with E-state index in [0.717, 1.165) is 16.7 Å². The molecule has 2 unspecified atom stereocenters. The fourth-order valence-corrected chi connectivity index (χ4v) is 4.17.